The summed E-state index contributed by atoms with van der Waals surface area (Å²) >= 11 is 0. The molecule has 0 spiro atoms. The van der Waals surface area contributed by atoms with Crippen molar-refractivity contribution in [3.63, 3.8) is 0 Å². The molecule has 0 aliphatic carbocycles. The number of nitrogens with one attached hydrogen (secondary N) is 2. The average Bonchev–Trinajstić information content (AvgIpc) is 3.09. The van der Waals surface area contributed by atoms with E-state index in [1.165, 1.54) is 12.1 Å². The third kappa shape index (κ3) is 7.47. The number of para-hydroxylation sites is 1. The third-order valence-corrected chi connectivity index (χ3v) is 6.11. The molecule has 0 atom stereocenters. The van der Waals surface area contributed by atoms with E-state index >= 15 is 0 Å². The highest BCUT2D eigenvalue weighted by Gasteiger charge is 2.19. The number of anilines is 1. The average molecular weight is 475 g/mol. The Kier molecular flexibility index (Phi) is 8.59. The smallest absolute Gasteiger partial charge is 0.253 e. The van der Waals surface area contributed by atoms with Crippen LogP contribution in [0, 0.1) is 5.82 Å². The van der Waals surface area contributed by atoms with Crippen molar-refractivity contribution >= 4 is 17.5 Å². The Morgan fingerprint density at radius 3 is 2.26 bits per heavy atom. The maximum Gasteiger partial charge on any atom is 0.253 e. The molecule has 1 saturated heterocycles. The van der Waals surface area contributed by atoms with Gasteiger partial charge in [0.05, 0.1) is 17.8 Å². The highest BCUT2D eigenvalue weighted by molar-refractivity contribution is 6.04. The van der Waals surface area contributed by atoms with Crippen molar-refractivity contribution in [2.24, 2.45) is 0 Å². The van der Waals surface area contributed by atoms with E-state index < -0.39 is 0 Å². The molecule has 6 nitrogen and oxygen atoms in total. The predicted molar refractivity (Wildman–Crippen MR) is 135 cm³/mol. The molecule has 3 aromatic rings. The lowest BCUT2D eigenvalue weighted by molar-refractivity contribution is -0.117. The summed E-state index contributed by atoms with van der Waals surface area (Å²) in [7, 11) is 0. The van der Waals surface area contributed by atoms with Crippen LogP contribution < -0.4 is 10.6 Å². The van der Waals surface area contributed by atoms with Crippen LogP contribution in [0.25, 0.3) is 0 Å². The van der Waals surface area contributed by atoms with Crippen LogP contribution in [0.4, 0.5) is 10.1 Å². The number of rotatable bonds is 8. The first-order valence-corrected chi connectivity index (χ1v) is 12.0. The van der Waals surface area contributed by atoms with Gasteiger partial charge in [-0.1, -0.05) is 54.6 Å². The van der Waals surface area contributed by atoms with Gasteiger partial charge in [-0.3, -0.25) is 19.4 Å². The number of carbonyl (C=O) groups is 2. The zero-order valence-electron chi connectivity index (χ0n) is 19.8. The van der Waals surface area contributed by atoms with E-state index in [0.29, 0.717) is 17.8 Å². The summed E-state index contributed by atoms with van der Waals surface area (Å²) in [6.45, 7) is 4.82. The van der Waals surface area contributed by atoms with Gasteiger partial charge in [-0.05, 0) is 54.9 Å². The quantitative estimate of drug-likeness (QED) is 0.520. The summed E-state index contributed by atoms with van der Waals surface area (Å²) in [5, 5.41) is 5.84. The first kappa shape index (κ1) is 24.6. The van der Waals surface area contributed by atoms with Gasteiger partial charge in [0.25, 0.3) is 5.91 Å². The van der Waals surface area contributed by atoms with Crippen molar-refractivity contribution in [3.05, 3.63) is 101 Å². The van der Waals surface area contributed by atoms with Crippen LogP contribution in [0.5, 0.6) is 0 Å². The van der Waals surface area contributed by atoms with E-state index in [-0.39, 0.29) is 24.2 Å². The Labute approximate surface area is 205 Å². The Morgan fingerprint density at radius 2 is 1.46 bits per heavy atom. The summed E-state index contributed by atoms with van der Waals surface area (Å²) < 4.78 is 13.2. The summed E-state index contributed by atoms with van der Waals surface area (Å²) in [5.74, 6) is -0.590. The third-order valence-electron chi connectivity index (χ3n) is 6.11. The second-order valence-corrected chi connectivity index (χ2v) is 8.79. The van der Waals surface area contributed by atoms with E-state index in [2.05, 4.69) is 20.4 Å². The van der Waals surface area contributed by atoms with Crippen molar-refractivity contribution in [1.29, 1.82) is 0 Å². The molecule has 35 heavy (non-hydrogen) atoms. The van der Waals surface area contributed by atoms with E-state index in [9.17, 15) is 14.0 Å². The summed E-state index contributed by atoms with van der Waals surface area (Å²) in [4.78, 5) is 30.0. The minimum Gasteiger partial charge on any atom is -0.348 e. The van der Waals surface area contributed by atoms with Crippen LogP contribution in [-0.2, 0) is 17.9 Å². The van der Waals surface area contributed by atoms with Gasteiger partial charge in [0.1, 0.15) is 5.82 Å². The number of carbonyl (C=O) groups excluding carboxylic acids is 2. The van der Waals surface area contributed by atoms with Crippen molar-refractivity contribution in [2.45, 2.75) is 19.5 Å². The van der Waals surface area contributed by atoms with Crippen molar-refractivity contribution in [1.82, 2.24) is 15.1 Å². The largest absolute Gasteiger partial charge is 0.348 e. The first-order valence-electron chi connectivity index (χ1n) is 12.0. The highest BCUT2D eigenvalue weighted by atomic mass is 19.1. The van der Waals surface area contributed by atoms with Crippen LogP contribution in [0.15, 0.2) is 78.9 Å². The highest BCUT2D eigenvalue weighted by Crippen LogP contribution is 2.16. The molecule has 0 saturated carbocycles. The zero-order chi connectivity index (χ0) is 24.5. The lowest BCUT2D eigenvalue weighted by Crippen LogP contribution is -2.36. The number of amides is 2. The normalized spacial score (nSPS) is 14.8. The van der Waals surface area contributed by atoms with E-state index in [4.69, 9.17) is 0 Å². The second kappa shape index (κ2) is 12.2. The molecule has 1 heterocycles. The van der Waals surface area contributed by atoms with E-state index in [0.717, 1.165) is 50.3 Å². The molecule has 2 N–H and O–H groups in total. The Hall–Kier alpha value is -3.55. The molecule has 0 aromatic heterocycles. The monoisotopic (exact) mass is 474 g/mol. The van der Waals surface area contributed by atoms with Crippen molar-refractivity contribution in [3.8, 4) is 0 Å². The molecular formula is C28H31FN4O2. The van der Waals surface area contributed by atoms with Gasteiger partial charge in [-0.25, -0.2) is 4.39 Å². The maximum atomic E-state index is 13.2. The molecule has 182 valence electrons. The number of hydrogen-bond acceptors (Lipinski definition) is 4. The number of benzene rings is 3. The van der Waals surface area contributed by atoms with Crippen molar-refractivity contribution in [2.75, 3.05) is 38.0 Å². The van der Waals surface area contributed by atoms with Gasteiger partial charge in [-0.15, -0.1) is 0 Å². The molecule has 3 aromatic carbocycles. The van der Waals surface area contributed by atoms with Crippen LogP contribution >= 0.6 is 0 Å². The van der Waals surface area contributed by atoms with Gasteiger partial charge in [0.15, 0.2) is 0 Å². The molecule has 1 aliphatic rings. The Morgan fingerprint density at radius 1 is 0.771 bits per heavy atom. The van der Waals surface area contributed by atoms with Gasteiger partial charge >= 0.3 is 0 Å². The Balaban J connectivity index is 1.28. The number of hydrogen-bond donors (Lipinski definition) is 2. The molecular weight excluding hydrogens is 443 g/mol. The van der Waals surface area contributed by atoms with Gasteiger partial charge < -0.3 is 10.6 Å². The minimum atomic E-state index is -0.226. The molecule has 1 fully saturated rings. The molecule has 4 rings (SSSR count). The van der Waals surface area contributed by atoms with E-state index in [1.807, 2.05) is 48.5 Å². The van der Waals surface area contributed by atoms with Crippen LogP contribution in [0.1, 0.15) is 27.9 Å². The van der Waals surface area contributed by atoms with Crippen molar-refractivity contribution < 1.29 is 14.0 Å². The van der Waals surface area contributed by atoms with Gasteiger partial charge in [-0.2, -0.15) is 0 Å². The molecule has 7 heteroatoms. The lowest BCUT2D eigenvalue weighted by atomic mass is 10.1. The van der Waals surface area contributed by atoms with Crippen LogP contribution in [-0.4, -0.2) is 54.3 Å². The fraction of sp³-hybridized carbons (Fsp3) is 0.286. The summed E-state index contributed by atoms with van der Waals surface area (Å²) in [5.41, 5.74) is 3.05. The van der Waals surface area contributed by atoms with E-state index in [1.54, 1.807) is 18.2 Å². The fourth-order valence-electron chi connectivity index (χ4n) is 4.24. The zero-order valence-corrected chi connectivity index (χ0v) is 19.8. The number of halogens is 1. The maximum absolute atomic E-state index is 13.2. The van der Waals surface area contributed by atoms with Gasteiger partial charge in [0, 0.05) is 26.2 Å². The molecule has 0 bridgehead atoms. The lowest BCUT2D eigenvalue weighted by Gasteiger charge is -2.21. The van der Waals surface area contributed by atoms with Gasteiger partial charge in [0.2, 0.25) is 5.91 Å². The number of nitrogens with zero attached hydrogens (tertiary/aromatic N) is 2. The fourth-order valence-corrected chi connectivity index (χ4v) is 4.24. The topological polar surface area (TPSA) is 64.7 Å². The summed E-state index contributed by atoms with van der Waals surface area (Å²) in [6, 6.07) is 23.4. The summed E-state index contributed by atoms with van der Waals surface area (Å²) in [6.07, 6.45) is 0.951. The molecule has 0 radical (unpaired) electrons. The standard InChI is InChI=1S/C28H31FN4O2/c29-24-13-11-23(12-14-24)20-32-15-6-16-33(18-17-32)21-27(34)31-26-10-5-4-9-25(26)28(35)30-19-22-7-2-1-3-8-22/h1-5,7-14H,6,15-21H2,(H,30,35)(H,31,34). The molecule has 0 unspecified atom stereocenters. The van der Waals surface area contributed by atoms with Crippen LogP contribution in [0.2, 0.25) is 0 Å². The minimum absolute atomic E-state index is 0.139. The Bertz CT molecular complexity index is 1120. The molecule has 1 aliphatic heterocycles. The predicted octanol–water partition coefficient (Wildman–Crippen LogP) is 3.90. The first-order chi connectivity index (χ1) is 17.1. The second-order valence-electron chi connectivity index (χ2n) is 8.79. The SMILES string of the molecule is O=C(CN1CCCN(Cc2ccc(F)cc2)CC1)Nc1ccccc1C(=O)NCc1ccccc1. The molecule has 2 amide bonds. The van der Waals surface area contributed by atoms with Crippen LogP contribution in [0.3, 0.4) is 0 Å².